The summed E-state index contributed by atoms with van der Waals surface area (Å²) < 4.78 is 66.4. The van der Waals surface area contributed by atoms with E-state index in [2.05, 4.69) is 30.1 Å². The van der Waals surface area contributed by atoms with Crippen molar-refractivity contribution in [1.29, 1.82) is 0 Å². The van der Waals surface area contributed by atoms with Gasteiger partial charge in [-0.15, -0.1) is 0 Å². The van der Waals surface area contributed by atoms with Gasteiger partial charge < -0.3 is 4.90 Å². The van der Waals surface area contributed by atoms with Crippen LogP contribution >= 0.6 is 46.3 Å². The molecule has 0 radical (unpaired) electrons. The normalized spacial score (nSPS) is 20.9. The van der Waals surface area contributed by atoms with E-state index in [0.717, 1.165) is 32.2 Å². The molecule has 2 atom stereocenters. The van der Waals surface area contributed by atoms with Crippen LogP contribution in [0.3, 0.4) is 0 Å². The SMILES string of the molecule is CCC(=Cc1sc2ccc(Cl)cc2[n+]1CCCS(=O)(=O)O)C=C1SC2C=CC(Cl)=CC2N1CCCCS(=O)(=O)O. The van der Waals surface area contributed by atoms with E-state index in [4.69, 9.17) is 27.8 Å². The predicted molar refractivity (Wildman–Crippen MR) is 165 cm³/mol. The molecule has 0 bridgehead atoms. The quantitative estimate of drug-likeness (QED) is 0.164. The number of nitrogens with zero attached hydrogens (tertiary/aromatic N) is 2. The van der Waals surface area contributed by atoms with Gasteiger partial charge in [0.1, 0.15) is 4.70 Å². The van der Waals surface area contributed by atoms with Crippen LogP contribution in [0.1, 0.15) is 37.6 Å². The first kappa shape index (κ1) is 31.6. The van der Waals surface area contributed by atoms with E-state index in [9.17, 15) is 21.4 Å². The van der Waals surface area contributed by atoms with Crippen molar-refractivity contribution >= 4 is 82.8 Å². The van der Waals surface area contributed by atoms with Crippen LogP contribution in [0, 0.1) is 0 Å². The molecule has 2 aromatic rings. The fourth-order valence-electron chi connectivity index (χ4n) is 4.67. The Balaban J connectivity index is 1.66. The number of aryl methyl sites for hydroxylation is 1. The number of thiazole rings is 1. The minimum Gasteiger partial charge on any atom is -0.358 e. The Kier molecular flexibility index (Phi) is 10.5. The van der Waals surface area contributed by atoms with Crippen molar-refractivity contribution in [1.82, 2.24) is 4.90 Å². The highest BCUT2D eigenvalue weighted by atomic mass is 35.5. The molecule has 1 aromatic heterocycles. The number of hydrogen-bond donors (Lipinski definition) is 2. The maximum absolute atomic E-state index is 11.3. The molecule has 14 heteroatoms. The highest BCUT2D eigenvalue weighted by Crippen LogP contribution is 2.43. The van der Waals surface area contributed by atoms with E-state index in [1.165, 1.54) is 0 Å². The molecular formula is C26H31Cl2N2O6S4+. The lowest BCUT2D eigenvalue weighted by atomic mass is 10.1. The number of benzene rings is 1. The van der Waals surface area contributed by atoms with Crippen molar-refractivity contribution in [3.8, 4) is 0 Å². The van der Waals surface area contributed by atoms with Crippen LogP contribution in [-0.4, -0.2) is 60.2 Å². The van der Waals surface area contributed by atoms with Gasteiger partial charge in [-0.2, -0.15) is 21.4 Å². The molecule has 2 aliphatic rings. The first-order valence-electron chi connectivity index (χ1n) is 12.8. The van der Waals surface area contributed by atoms with Gasteiger partial charge in [0.2, 0.25) is 5.52 Å². The second kappa shape index (κ2) is 13.3. The monoisotopic (exact) mass is 665 g/mol. The molecular weight excluding hydrogens is 635 g/mol. The number of fused-ring (bicyclic) bond motifs is 2. The standard InChI is InChI=1S/C26H30Cl2N2O6S4/c1-2-18(15-26-30(11-5-13-40(34,35)36)22-17-20(28)7-9-24(22)38-26)14-25-29(10-3-4-12-39(31,32)33)21-16-19(27)6-8-23(21)37-25/h6-9,14-17,21,23H,2-5,10-13H2,1H3,(H-,31,32,33,34,35,36)/p+1. The molecule has 1 aliphatic carbocycles. The van der Waals surface area contributed by atoms with Crippen LogP contribution in [0.15, 0.2) is 58.1 Å². The van der Waals surface area contributed by atoms with Crippen molar-refractivity contribution < 1.29 is 30.5 Å². The summed E-state index contributed by atoms with van der Waals surface area (Å²) in [6.45, 7) is 3.07. The summed E-state index contributed by atoms with van der Waals surface area (Å²) in [5.41, 5.74) is 1.96. The number of thioether (sulfide) groups is 1. The lowest BCUT2D eigenvalue weighted by molar-refractivity contribution is -0.668. The third-order valence-corrected chi connectivity index (χ3v) is 11.1. The Morgan fingerprint density at radius 1 is 1.10 bits per heavy atom. The van der Waals surface area contributed by atoms with E-state index in [-0.39, 0.29) is 29.2 Å². The molecule has 8 nitrogen and oxygen atoms in total. The first-order valence-corrected chi connectivity index (χ1v) is 18.4. The third-order valence-electron chi connectivity index (χ3n) is 6.57. The Morgan fingerprint density at radius 3 is 2.52 bits per heavy atom. The molecule has 2 unspecified atom stereocenters. The van der Waals surface area contributed by atoms with Gasteiger partial charge in [0.25, 0.3) is 25.2 Å². The van der Waals surface area contributed by atoms with E-state index in [0.29, 0.717) is 36.0 Å². The van der Waals surface area contributed by atoms with Gasteiger partial charge in [-0.1, -0.05) is 59.3 Å². The topological polar surface area (TPSA) is 116 Å². The Hall–Kier alpha value is -1.38. The maximum atomic E-state index is 11.3. The van der Waals surface area contributed by atoms with E-state index in [1.807, 2.05) is 34.9 Å². The van der Waals surface area contributed by atoms with Gasteiger partial charge in [-0.05, 0) is 55.2 Å². The number of aromatic nitrogens is 1. The van der Waals surface area contributed by atoms with Gasteiger partial charge in [0.05, 0.1) is 27.8 Å². The van der Waals surface area contributed by atoms with Crippen LogP contribution in [0.25, 0.3) is 16.3 Å². The molecule has 0 amide bonds. The molecule has 1 aromatic carbocycles. The molecule has 1 fully saturated rings. The van der Waals surface area contributed by atoms with Crippen molar-refractivity contribution in [3.63, 3.8) is 0 Å². The van der Waals surface area contributed by atoms with E-state index < -0.39 is 20.2 Å². The fourth-order valence-corrected chi connectivity index (χ4v) is 8.61. The zero-order valence-electron chi connectivity index (χ0n) is 21.7. The summed E-state index contributed by atoms with van der Waals surface area (Å²) in [4.78, 5) is 2.24. The fraction of sp³-hybridized carbons (Fsp3) is 0.423. The summed E-state index contributed by atoms with van der Waals surface area (Å²) in [7, 11) is -8.07. The van der Waals surface area contributed by atoms with Crippen molar-refractivity contribution in [3.05, 3.63) is 68.2 Å². The van der Waals surface area contributed by atoms with Crippen LogP contribution in [0.5, 0.6) is 0 Å². The van der Waals surface area contributed by atoms with Crippen molar-refractivity contribution in [2.75, 3.05) is 18.1 Å². The minimum atomic E-state index is -4.07. The third kappa shape index (κ3) is 8.57. The molecule has 0 saturated carbocycles. The second-order valence-corrected chi connectivity index (χ2v) is 15.8. The predicted octanol–water partition coefficient (Wildman–Crippen LogP) is 5.90. The van der Waals surface area contributed by atoms with Gasteiger partial charge in [0.15, 0.2) is 6.54 Å². The van der Waals surface area contributed by atoms with E-state index in [1.54, 1.807) is 23.1 Å². The summed E-state index contributed by atoms with van der Waals surface area (Å²) in [6, 6.07) is 5.66. The summed E-state index contributed by atoms with van der Waals surface area (Å²) in [5.74, 6) is -0.605. The van der Waals surface area contributed by atoms with Crippen molar-refractivity contribution in [2.45, 2.75) is 50.4 Å². The second-order valence-electron chi connectivity index (χ2n) is 9.57. The average molecular weight is 667 g/mol. The first-order chi connectivity index (χ1) is 18.8. The Morgan fingerprint density at radius 2 is 1.82 bits per heavy atom. The van der Waals surface area contributed by atoms with E-state index >= 15 is 0 Å². The summed E-state index contributed by atoms with van der Waals surface area (Å²) >= 11 is 15.9. The van der Waals surface area contributed by atoms with Crippen LogP contribution in [0.2, 0.25) is 5.02 Å². The van der Waals surface area contributed by atoms with Crippen LogP contribution in [0.4, 0.5) is 0 Å². The summed E-state index contributed by atoms with van der Waals surface area (Å²) in [5, 5.41) is 3.39. The van der Waals surface area contributed by atoms with Crippen LogP contribution in [-0.2, 0) is 26.8 Å². The lowest BCUT2D eigenvalue weighted by Crippen LogP contribution is -2.36. The van der Waals surface area contributed by atoms with Gasteiger partial charge in [-0.3, -0.25) is 9.11 Å². The molecule has 2 heterocycles. The molecule has 2 N–H and O–H groups in total. The Labute approximate surface area is 253 Å². The van der Waals surface area contributed by atoms with Gasteiger partial charge in [-0.25, -0.2) is 0 Å². The number of halogens is 2. The van der Waals surface area contributed by atoms with Crippen LogP contribution < -0.4 is 4.57 Å². The molecule has 0 spiro atoms. The Bertz CT molecular complexity index is 1600. The van der Waals surface area contributed by atoms with Gasteiger partial charge in [0, 0.05) is 35.2 Å². The highest BCUT2D eigenvalue weighted by molar-refractivity contribution is 8.04. The van der Waals surface area contributed by atoms with Crippen molar-refractivity contribution in [2.24, 2.45) is 0 Å². The molecule has 218 valence electrons. The molecule has 1 aliphatic heterocycles. The number of unbranched alkanes of at least 4 members (excludes halogenated alkanes) is 1. The number of rotatable bonds is 12. The molecule has 40 heavy (non-hydrogen) atoms. The zero-order valence-corrected chi connectivity index (χ0v) is 26.5. The smallest absolute Gasteiger partial charge is 0.265 e. The molecule has 1 saturated heterocycles. The highest BCUT2D eigenvalue weighted by Gasteiger charge is 2.36. The largest absolute Gasteiger partial charge is 0.358 e. The zero-order chi connectivity index (χ0) is 29.1. The minimum absolute atomic E-state index is 0.0365. The molecule has 4 rings (SSSR count). The summed E-state index contributed by atoms with van der Waals surface area (Å²) in [6.07, 6.45) is 12.1. The maximum Gasteiger partial charge on any atom is 0.265 e. The average Bonchev–Trinajstić information content (AvgIpc) is 3.36. The lowest BCUT2D eigenvalue weighted by Gasteiger charge is -2.28. The number of allylic oxidation sites excluding steroid dienone is 4. The van der Waals surface area contributed by atoms with Gasteiger partial charge >= 0.3 is 0 Å². The number of hydrogen-bond acceptors (Lipinski definition) is 7.